The second-order valence-corrected chi connectivity index (χ2v) is 8.00. The fourth-order valence-corrected chi connectivity index (χ4v) is 4.38. The van der Waals surface area contributed by atoms with E-state index in [-0.39, 0.29) is 17.2 Å². The molecule has 1 aliphatic heterocycles. The molecule has 0 spiro atoms. The van der Waals surface area contributed by atoms with E-state index in [2.05, 4.69) is 0 Å². The van der Waals surface area contributed by atoms with Crippen LogP contribution in [-0.2, 0) is 9.59 Å². The Morgan fingerprint density at radius 2 is 2.07 bits per heavy atom. The molecule has 0 unspecified atom stereocenters. The van der Waals surface area contributed by atoms with Crippen molar-refractivity contribution in [3.05, 3.63) is 23.8 Å². The summed E-state index contributed by atoms with van der Waals surface area (Å²) >= 11 is 1.58. The minimum Gasteiger partial charge on any atom is -0.497 e. The van der Waals surface area contributed by atoms with E-state index in [1.165, 1.54) is 0 Å². The lowest BCUT2D eigenvalue weighted by Crippen LogP contribution is -2.40. The van der Waals surface area contributed by atoms with Gasteiger partial charge in [-0.15, -0.1) is 11.8 Å². The van der Waals surface area contributed by atoms with Gasteiger partial charge in [0.05, 0.1) is 20.0 Å². The zero-order valence-corrected chi connectivity index (χ0v) is 17.7. The van der Waals surface area contributed by atoms with Gasteiger partial charge in [0.2, 0.25) is 11.8 Å². The van der Waals surface area contributed by atoms with Crippen LogP contribution in [0.2, 0.25) is 0 Å². The summed E-state index contributed by atoms with van der Waals surface area (Å²) in [6.07, 6.45) is 0.531. The quantitative estimate of drug-likeness (QED) is 0.644. The van der Waals surface area contributed by atoms with Gasteiger partial charge >= 0.3 is 0 Å². The van der Waals surface area contributed by atoms with Gasteiger partial charge < -0.3 is 19.3 Å². The standard InChI is InChI=1S/C20H30N2O4S/c1-6-21(18(23)11-14(2)3)9-10-22-19(24)13-27-20(22)16-12-15(25-4)7-8-17(16)26-5/h7-8,12,14,20H,6,9-11,13H2,1-5H3/t20-/m1/s1. The van der Waals surface area contributed by atoms with Crippen LogP contribution in [0.3, 0.4) is 0 Å². The lowest BCUT2D eigenvalue weighted by atomic mass is 10.1. The Hall–Kier alpha value is -1.89. The Balaban J connectivity index is 2.15. The lowest BCUT2D eigenvalue weighted by Gasteiger charge is -2.29. The summed E-state index contributed by atoms with van der Waals surface area (Å²) in [5, 5.41) is -0.138. The fourth-order valence-electron chi connectivity index (χ4n) is 3.15. The number of carbonyl (C=O) groups excluding carboxylic acids is 2. The highest BCUT2D eigenvalue weighted by molar-refractivity contribution is 8.00. The van der Waals surface area contributed by atoms with Crippen molar-refractivity contribution in [2.75, 3.05) is 39.6 Å². The van der Waals surface area contributed by atoms with Crippen molar-refractivity contribution in [1.29, 1.82) is 0 Å². The van der Waals surface area contributed by atoms with E-state index in [1.807, 2.05) is 48.8 Å². The first-order chi connectivity index (χ1) is 12.9. The smallest absolute Gasteiger partial charge is 0.233 e. The SMILES string of the molecule is CCN(CCN1C(=O)CS[C@@H]1c1cc(OC)ccc1OC)C(=O)CC(C)C. The van der Waals surface area contributed by atoms with Crippen LogP contribution >= 0.6 is 11.8 Å². The number of amides is 2. The predicted octanol–water partition coefficient (Wildman–Crippen LogP) is 3.17. The Morgan fingerprint density at radius 3 is 2.67 bits per heavy atom. The average molecular weight is 395 g/mol. The number of nitrogens with zero attached hydrogens (tertiary/aromatic N) is 2. The molecule has 6 nitrogen and oxygen atoms in total. The van der Waals surface area contributed by atoms with E-state index in [9.17, 15) is 9.59 Å². The van der Waals surface area contributed by atoms with Crippen molar-refractivity contribution in [2.24, 2.45) is 5.92 Å². The van der Waals surface area contributed by atoms with Crippen LogP contribution in [0.5, 0.6) is 11.5 Å². The second-order valence-electron chi connectivity index (χ2n) is 6.93. The highest BCUT2D eigenvalue weighted by Crippen LogP contribution is 2.43. The molecule has 2 rings (SSSR count). The molecule has 0 bridgehead atoms. The molecule has 1 saturated heterocycles. The number of thioether (sulfide) groups is 1. The molecule has 1 heterocycles. The molecule has 2 amide bonds. The monoisotopic (exact) mass is 394 g/mol. The number of carbonyl (C=O) groups is 2. The number of rotatable bonds is 9. The van der Waals surface area contributed by atoms with E-state index < -0.39 is 0 Å². The summed E-state index contributed by atoms with van der Waals surface area (Å²) in [4.78, 5) is 28.5. The zero-order chi connectivity index (χ0) is 20.0. The number of likely N-dealkylation sites (N-methyl/N-ethyl adjacent to an activating group) is 1. The summed E-state index contributed by atoms with van der Waals surface area (Å²) in [5.74, 6) is 2.44. The predicted molar refractivity (Wildman–Crippen MR) is 108 cm³/mol. The summed E-state index contributed by atoms with van der Waals surface area (Å²) in [5.41, 5.74) is 0.921. The first-order valence-electron chi connectivity index (χ1n) is 9.32. The average Bonchev–Trinajstić information content (AvgIpc) is 3.01. The van der Waals surface area contributed by atoms with Crippen LogP contribution < -0.4 is 9.47 Å². The summed E-state index contributed by atoms with van der Waals surface area (Å²) in [7, 11) is 3.25. The van der Waals surface area contributed by atoms with Crippen LogP contribution in [-0.4, -0.2) is 61.2 Å². The van der Waals surface area contributed by atoms with Gasteiger partial charge in [0.1, 0.15) is 16.9 Å². The van der Waals surface area contributed by atoms with Crippen molar-refractivity contribution >= 4 is 23.6 Å². The third-order valence-electron chi connectivity index (χ3n) is 4.60. The molecule has 150 valence electrons. The van der Waals surface area contributed by atoms with Crippen LogP contribution in [0.15, 0.2) is 18.2 Å². The normalized spacial score (nSPS) is 16.7. The Morgan fingerprint density at radius 1 is 1.33 bits per heavy atom. The first-order valence-corrected chi connectivity index (χ1v) is 10.4. The molecule has 1 aliphatic rings. The maximum atomic E-state index is 12.5. The Kier molecular flexibility index (Phi) is 7.83. The molecule has 1 atom stereocenters. The molecule has 27 heavy (non-hydrogen) atoms. The maximum absolute atomic E-state index is 12.5. The molecule has 0 N–H and O–H groups in total. The van der Waals surface area contributed by atoms with Crippen molar-refractivity contribution in [2.45, 2.75) is 32.6 Å². The molecule has 7 heteroatoms. The topological polar surface area (TPSA) is 59.1 Å². The van der Waals surface area contributed by atoms with Crippen LogP contribution in [0.25, 0.3) is 0 Å². The van der Waals surface area contributed by atoms with Gasteiger partial charge in [0.25, 0.3) is 0 Å². The highest BCUT2D eigenvalue weighted by atomic mass is 32.2. The van der Waals surface area contributed by atoms with Crippen LogP contribution in [0, 0.1) is 5.92 Å². The number of ether oxygens (including phenoxy) is 2. The fraction of sp³-hybridized carbons (Fsp3) is 0.600. The minimum atomic E-state index is -0.138. The van der Waals surface area contributed by atoms with E-state index in [4.69, 9.17) is 9.47 Å². The molecular formula is C20H30N2O4S. The van der Waals surface area contributed by atoms with Gasteiger partial charge in [-0.25, -0.2) is 0 Å². The lowest BCUT2D eigenvalue weighted by molar-refractivity contribution is -0.134. The summed E-state index contributed by atoms with van der Waals surface area (Å²) in [6.45, 7) is 7.75. The third kappa shape index (κ3) is 5.31. The number of hydrogen-bond acceptors (Lipinski definition) is 5. The van der Waals surface area contributed by atoms with Gasteiger partial charge in [-0.1, -0.05) is 13.8 Å². The minimum absolute atomic E-state index is 0.0854. The number of methoxy groups -OCH3 is 2. The van der Waals surface area contributed by atoms with E-state index in [0.29, 0.717) is 37.7 Å². The zero-order valence-electron chi connectivity index (χ0n) is 16.9. The molecule has 1 fully saturated rings. The largest absolute Gasteiger partial charge is 0.497 e. The number of hydrogen-bond donors (Lipinski definition) is 0. The van der Waals surface area contributed by atoms with Gasteiger partial charge in [0, 0.05) is 31.6 Å². The van der Waals surface area contributed by atoms with Crippen molar-refractivity contribution in [3.63, 3.8) is 0 Å². The van der Waals surface area contributed by atoms with Gasteiger partial charge in [-0.05, 0) is 31.0 Å². The molecular weight excluding hydrogens is 364 g/mol. The van der Waals surface area contributed by atoms with Crippen LogP contribution in [0.4, 0.5) is 0 Å². The Bertz CT molecular complexity index is 665. The molecule has 0 radical (unpaired) electrons. The van der Waals surface area contributed by atoms with Crippen molar-refractivity contribution in [3.8, 4) is 11.5 Å². The first kappa shape index (κ1) is 21.4. The molecule has 1 aromatic rings. The van der Waals surface area contributed by atoms with Gasteiger partial charge in [-0.3, -0.25) is 9.59 Å². The molecule has 0 aromatic heterocycles. The van der Waals surface area contributed by atoms with Gasteiger partial charge in [0.15, 0.2) is 0 Å². The molecule has 0 saturated carbocycles. The van der Waals surface area contributed by atoms with E-state index >= 15 is 0 Å². The second kappa shape index (κ2) is 9.88. The highest BCUT2D eigenvalue weighted by Gasteiger charge is 2.35. The summed E-state index contributed by atoms with van der Waals surface area (Å²) in [6, 6.07) is 5.63. The van der Waals surface area contributed by atoms with E-state index in [0.717, 1.165) is 17.1 Å². The summed E-state index contributed by atoms with van der Waals surface area (Å²) < 4.78 is 10.8. The van der Waals surface area contributed by atoms with Gasteiger partial charge in [-0.2, -0.15) is 0 Å². The maximum Gasteiger partial charge on any atom is 0.233 e. The third-order valence-corrected chi connectivity index (χ3v) is 5.84. The van der Waals surface area contributed by atoms with E-state index in [1.54, 1.807) is 26.0 Å². The van der Waals surface area contributed by atoms with Crippen molar-refractivity contribution in [1.82, 2.24) is 9.80 Å². The Labute approximate surface area is 166 Å². The molecule has 0 aliphatic carbocycles. The number of benzene rings is 1. The molecule has 1 aromatic carbocycles. The van der Waals surface area contributed by atoms with Crippen LogP contribution in [0.1, 0.15) is 38.1 Å². The van der Waals surface area contributed by atoms with Crippen molar-refractivity contribution < 1.29 is 19.1 Å².